The van der Waals surface area contributed by atoms with Crippen LogP contribution in [0.15, 0.2) is 48.5 Å². The van der Waals surface area contributed by atoms with Crippen molar-refractivity contribution in [1.82, 2.24) is 10.6 Å². The Morgan fingerprint density at radius 2 is 1.61 bits per heavy atom. The molecule has 1 unspecified atom stereocenters. The summed E-state index contributed by atoms with van der Waals surface area (Å²) in [4.78, 5) is 35.5. The van der Waals surface area contributed by atoms with Gasteiger partial charge in [0, 0.05) is 18.4 Å². The standard InChI is InChI=1S/C23H26N2O6/c1-14(11-20(27)25-23(2,13-26)21(28)29)24-22(30)31-12-19-17-9-5-3-7-15(17)16-8-4-6-10-18(16)19/h3-10,14,19,26H,11-13H2,1-2H3,(H,24,30)(H,25,27)(H,28,29)/t14-,23?/m0/s1. The molecular formula is C23H26N2O6. The molecule has 31 heavy (non-hydrogen) atoms. The molecule has 2 atom stereocenters. The Balaban J connectivity index is 1.55. The molecule has 0 heterocycles. The number of hydrogen-bond donors (Lipinski definition) is 4. The van der Waals surface area contributed by atoms with Crippen molar-refractivity contribution in [2.75, 3.05) is 13.2 Å². The first-order valence-electron chi connectivity index (χ1n) is 10.0. The number of hydrogen-bond acceptors (Lipinski definition) is 5. The smallest absolute Gasteiger partial charge is 0.407 e. The normalized spacial score (nSPS) is 15.2. The zero-order valence-corrected chi connectivity index (χ0v) is 17.4. The van der Waals surface area contributed by atoms with Crippen molar-refractivity contribution in [3.05, 3.63) is 59.7 Å². The number of amides is 2. The highest BCUT2D eigenvalue weighted by molar-refractivity contribution is 5.87. The minimum atomic E-state index is -1.78. The van der Waals surface area contributed by atoms with Gasteiger partial charge < -0.3 is 25.6 Å². The first-order chi connectivity index (χ1) is 14.7. The van der Waals surface area contributed by atoms with Crippen molar-refractivity contribution in [3.63, 3.8) is 0 Å². The van der Waals surface area contributed by atoms with Gasteiger partial charge in [0.1, 0.15) is 6.61 Å². The van der Waals surface area contributed by atoms with Gasteiger partial charge in [-0.2, -0.15) is 0 Å². The zero-order chi connectivity index (χ0) is 22.6. The van der Waals surface area contributed by atoms with E-state index < -0.39 is 36.2 Å². The van der Waals surface area contributed by atoms with Crippen LogP contribution in [0.5, 0.6) is 0 Å². The first kappa shape index (κ1) is 22.3. The summed E-state index contributed by atoms with van der Waals surface area (Å²) in [5.41, 5.74) is 2.67. The molecule has 0 bridgehead atoms. The van der Waals surface area contributed by atoms with Crippen LogP contribution in [0.25, 0.3) is 11.1 Å². The van der Waals surface area contributed by atoms with Gasteiger partial charge in [0.25, 0.3) is 0 Å². The molecule has 0 aromatic heterocycles. The van der Waals surface area contributed by atoms with Crippen LogP contribution in [0.1, 0.15) is 37.3 Å². The van der Waals surface area contributed by atoms with Gasteiger partial charge in [-0.1, -0.05) is 48.5 Å². The highest BCUT2D eigenvalue weighted by Crippen LogP contribution is 2.44. The van der Waals surface area contributed by atoms with E-state index in [2.05, 4.69) is 10.6 Å². The van der Waals surface area contributed by atoms with E-state index in [0.29, 0.717) is 0 Å². The monoisotopic (exact) mass is 426 g/mol. The second-order valence-electron chi connectivity index (χ2n) is 7.92. The van der Waals surface area contributed by atoms with Gasteiger partial charge in [0.05, 0.1) is 6.61 Å². The summed E-state index contributed by atoms with van der Waals surface area (Å²) in [5, 5.41) is 23.2. The van der Waals surface area contributed by atoms with Crippen LogP contribution in [0, 0.1) is 0 Å². The number of carbonyl (C=O) groups excluding carboxylic acids is 2. The van der Waals surface area contributed by atoms with Gasteiger partial charge in [-0.3, -0.25) is 4.79 Å². The molecule has 2 amide bonds. The summed E-state index contributed by atoms with van der Waals surface area (Å²) in [7, 11) is 0. The van der Waals surface area contributed by atoms with Crippen LogP contribution in [0.2, 0.25) is 0 Å². The van der Waals surface area contributed by atoms with E-state index >= 15 is 0 Å². The number of aliphatic hydroxyl groups is 1. The Labute approximate surface area is 180 Å². The second kappa shape index (κ2) is 9.18. The van der Waals surface area contributed by atoms with Gasteiger partial charge in [-0.15, -0.1) is 0 Å². The van der Waals surface area contributed by atoms with Crippen molar-refractivity contribution in [2.45, 2.75) is 37.8 Å². The van der Waals surface area contributed by atoms with Gasteiger partial charge >= 0.3 is 12.1 Å². The van der Waals surface area contributed by atoms with Gasteiger partial charge in [-0.25, -0.2) is 9.59 Å². The summed E-state index contributed by atoms with van der Waals surface area (Å²) in [5.74, 6) is -2.02. The number of benzene rings is 2. The van der Waals surface area contributed by atoms with Crippen molar-refractivity contribution >= 4 is 18.0 Å². The molecule has 2 aromatic rings. The van der Waals surface area contributed by atoms with Crippen LogP contribution >= 0.6 is 0 Å². The maximum atomic E-state index is 12.3. The average molecular weight is 426 g/mol. The van der Waals surface area contributed by atoms with E-state index in [-0.39, 0.29) is 18.9 Å². The molecule has 1 aliphatic carbocycles. The maximum absolute atomic E-state index is 12.3. The van der Waals surface area contributed by atoms with E-state index in [1.807, 2.05) is 48.5 Å². The van der Waals surface area contributed by atoms with E-state index in [0.717, 1.165) is 22.3 Å². The van der Waals surface area contributed by atoms with Crippen molar-refractivity contribution in [3.8, 4) is 11.1 Å². The van der Waals surface area contributed by atoms with Crippen LogP contribution in [-0.2, 0) is 14.3 Å². The van der Waals surface area contributed by atoms with E-state index in [1.54, 1.807) is 6.92 Å². The minimum absolute atomic E-state index is 0.0717. The quantitative estimate of drug-likeness (QED) is 0.513. The summed E-state index contributed by atoms with van der Waals surface area (Å²) >= 11 is 0. The Morgan fingerprint density at radius 1 is 1.06 bits per heavy atom. The molecule has 1 aliphatic rings. The van der Waals surface area contributed by atoms with Crippen LogP contribution in [0.3, 0.4) is 0 Å². The number of carbonyl (C=O) groups is 3. The largest absolute Gasteiger partial charge is 0.479 e. The Bertz CT molecular complexity index is 946. The molecule has 0 radical (unpaired) electrons. The maximum Gasteiger partial charge on any atom is 0.407 e. The van der Waals surface area contributed by atoms with Gasteiger partial charge in [-0.05, 0) is 36.1 Å². The topological polar surface area (TPSA) is 125 Å². The number of aliphatic carboxylic acids is 1. The van der Waals surface area contributed by atoms with Crippen molar-refractivity contribution in [2.24, 2.45) is 0 Å². The van der Waals surface area contributed by atoms with Crippen LogP contribution in [0.4, 0.5) is 4.79 Å². The molecule has 0 saturated heterocycles. The second-order valence-corrected chi connectivity index (χ2v) is 7.92. The predicted octanol–water partition coefficient (Wildman–Crippen LogP) is 2.26. The lowest BCUT2D eigenvalue weighted by Crippen LogP contribution is -2.55. The number of aliphatic hydroxyl groups excluding tert-OH is 1. The molecule has 0 fully saturated rings. The minimum Gasteiger partial charge on any atom is -0.479 e. The molecule has 4 N–H and O–H groups in total. The summed E-state index contributed by atoms with van der Waals surface area (Å²) < 4.78 is 5.44. The molecule has 164 valence electrons. The molecular weight excluding hydrogens is 400 g/mol. The molecule has 0 spiro atoms. The third-order valence-corrected chi connectivity index (χ3v) is 5.40. The predicted molar refractivity (Wildman–Crippen MR) is 114 cm³/mol. The number of rotatable bonds is 8. The number of fused-ring (bicyclic) bond motifs is 3. The lowest BCUT2D eigenvalue weighted by atomic mass is 9.98. The SMILES string of the molecule is C[C@@H](CC(=O)NC(C)(CO)C(=O)O)NC(=O)OCC1c2ccccc2-c2ccccc21. The number of alkyl carbamates (subject to hydrolysis) is 1. The zero-order valence-electron chi connectivity index (χ0n) is 17.4. The number of carboxylic acid groups (broad SMARTS) is 1. The van der Waals surface area contributed by atoms with Gasteiger partial charge in [0.15, 0.2) is 5.54 Å². The molecule has 8 nitrogen and oxygen atoms in total. The fourth-order valence-electron chi connectivity index (χ4n) is 3.69. The lowest BCUT2D eigenvalue weighted by Gasteiger charge is -2.24. The van der Waals surface area contributed by atoms with E-state index in [9.17, 15) is 19.5 Å². The van der Waals surface area contributed by atoms with Crippen LogP contribution in [-0.4, -0.2) is 53.0 Å². The lowest BCUT2D eigenvalue weighted by molar-refractivity contribution is -0.148. The fraction of sp³-hybridized carbons (Fsp3) is 0.348. The molecule has 8 heteroatoms. The highest BCUT2D eigenvalue weighted by atomic mass is 16.5. The van der Waals surface area contributed by atoms with E-state index in [1.165, 1.54) is 6.92 Å². The Kier molecular flexibility index (Phi) is 6.60. The third kappa shape index (κ3) is 4.86. The third-order valence-electron chi connectivity index (χ3n) is 5.40. The summed E-state index contributed by atoms with van der Waals surface area (Å²) in [6, 6.07) is 15.4. The van der Waals surface area contributed by atoms with Crippen molar-refractivity contribution < 1.29 is 29.3 Å². The first-order valence-corrected chi connectivity index (χ1v) is 10.0. The van der Waals surface area contributed by atoms with Crippen LogP contribution < -0.4 is 10.6 Å². The Morgan fingerprint density at radius 3 is 2.13 bits per heavy atom. The highest BCUT2D eigenvalue weighted by Gasteiger charge is 2.34. The summed E-state index contributed by atoms with van der Waals surface area (Å²) in [6.07, 6.45) is -0.821. The number of nitrogens with one attached hydrogen (secondary N) is 2. The molecule has 2 aromatic carbocycles. The van der Waals surface area contributed by atoms with Crippen molar-refractivity contribution in [1.29, 1.82) is 0 Å². The van der Waals surface area contributed by atoms with E-state index in [4.69, 9.17) is 9.84 Å². The number of ether oxygens (including phenoxy) is 1. The number of carboxylic acids is 1. The molecule has 0 aliphatic heterocycles. The van der Waals surface area contributed by atoms with Gasteiger partial charge in [0.2, 0.25) is 5.91 Å². The molecule has 3 rings (SSSR count). The fourth-order valence-corrected chi connectivity index (χ4v) is 3.69. The average Bonchev–Trinajstić information content (AvgIpc) is 3.05. The Hall–Kier alpha value is -3.39. The summed E-state index contributed by atoms with van der Waals surface area (Å²) in [6.45, 7) is 2.22. The molecule has 0 saturated carbocycles.